The maximum atomic E-state index is 13.4. The monoisotopic (exact) mass is 362 g/mol. The average Bonchev–Trinajstić information content (AvgIpc) is 3.07. The van der Waals surface area contributed by atoms with Crippen LogP contribution in [0.3, 0.4) is 0 Å². The van der Waals surface area contributed by atoms with Crippen molar-refractivity contribution in [3.63, 3.8) is 0 Å². The summed E-state index contributed by atoms with van der Waals surface area (Å²) in [5.74, 6) is 0.269. The van der Waals surface area contributed by atoms with Crippen LogP contribution in [0.2, 0.25) is 0 Å². The fraction of sp³-hybridized carbons (Fsp3) is 0.444. The molecule has 0 aliphatic carbocycles. The molecule has 1 fully saturated rings. The Morgan fingerprint density at radius 1 is 1.40 bits per heavy atom. The second-order valence-corrected chi connectivity index (χ2v) is 8.57. The molecule has 134 valence electrons. The highest BCUT2D eigenvalue weighted by Crippen LogP contribution is 2.42. The van der Waals surface area contributed by atoms with E-state index in [0.717, 1.165) is 30.8 Å². The zero-order chi connectivity index (χ0) is 17.9. The van der Waals surface area contributed by atoms with Gasteiger partial charge in [0.15, 0.2) is 0 Å². The van der Waals surface area contributed by atoms with Crippen molar-refractivity contribution in [2.45, 2.75) is 36.3 Å². The number of halogens is 1. The molecule has 2 N–H and O–H groups in total. The van der Waals surface area contributed by atoms with Crippen molar-refractivity contribution in [2.75, 3.05) is 18.4 Å². The van der Waals surface area contributed by atoms with Crippen LogP contribution in [-0.2, 0) is 0 Å². The van der Waals surface area contributed by atoms with Gasteiger partial charge in [0.2, 0.25) is 0 Å². The molecule has 0 atom stereocenters. The van der Waals surface area contributed by atoms with Crippen molar-refractivity contribution >= 4 is 23.5 Å². The molecule has 3 rings (SSSR count). The summed E-state index contributed by atoms with van der Waals surface area (Å²) in [5, 5.41) is 9.34. The molecule has 0 unspecified atom stereocenters. The maximum Gasteiger partial charge on any atom is 0.321 e. The summed E-state index contributed by atoms with van der Waals surface area (Å²) < 4.78 is 13.4. The van der Waals surface area contributed by atoms with E-state index in [0.29, 0.717) is 11.6 Å². The van der Waals surface area contributed by atoms with Crippen LogP contribution >= 0.6 is 11.8 Å². The molecule has 1 aromatic heterocycles. The Morgan fingerprint density at radius 3 is 2.80 bits per heavy atom. The molecule has 7 heteroatoms. The van der Waals surface area contributed by atoms with E-state index in [2.05, 4.69) is 29.4 Å². The Hall–Kier alpha value is -2.02. The quantitative estimate of drug-likeness (QED) is 0.794. The second-order valence-electron chi connectivity index (χ2n) is 6.84. The molecule has 0 spiro atoms. The van der Waals surface area contributed by atoms with Crippen molar-refractivity contribution in [3.8, 4) is 0 Å². The number of rotatable bonds is 4. The smallest absolute Gasteiger partial charge is 0.321 e. The zero-order valence-electron chi connectivity index (χ0n) is 14.5. The number of carbonyl (C=O) groups is 1. The first-order valence-corrected chi connectivity index (χ1v) is 9.25. The van der Waals surface area contributed by atoms with Gasteiger partial charge in [-0.25, -0.2) is 9.18 Å². The number of hydrogen-bond donors (Lipinski definition) is 2. The van der Waals surface area contributed by atoms with Gasteiger partial charge in [0.1, 0.15) is 5.82 Å². The molecular weight excluding hydrogens is 339 g/mol. The molecule has 0 saturated carbocycles. The summed E-state index contributed by atoms with van der Waals surface area (Å²) >= 11 is 1.71. The lowest BCUT2D eigenvalue weighted by Gasteiger charge is -2.40. The number of aromatic amines is 1. The van der Waals surface area contributed by atoms with Gasteiger partial charge < -0.3 is 10.2 Å². The zero-order valence-corrected chi connectivity index (χ0v) is 15.3. The Bertz CT molecular complexity index is 712. The lowest BCUT2D eigenvalue weighted by atomic mass is 9.86. The molecule has 1 aliphatic heterocycles. The van der Waals surface area contributed by atoms with Crippen LogP contribution in [-0.4, -0.2) is 39.0 Å². The third kappa shape index (κ3) is 4.54. The van der Waals surface area contributed by atoms with E-state index in [1.165, 1.54) is 6.07 Å². The number of likely N-dealkylation sites (tertiary alicyclic amines) is 1. The maximum absolute atomic E-state index is 13.4. The standard InChI is InChI=1S/C18H23FN4OS/c1-18(2,25-16-5-3-4-14(19)10-16)13-6-8-23(9-7-13)17(24)22-15-11-20-21-12-15/h3-5,10-13H,6-9H2,1-2H3,(H,20,21)(H,22,24). The summed E-state index contributed by atoms with van der Waals surface area (Å²) in [4.78, 5) is 15.1. The van der Waals surface area contributed by atoms with Gasteiger partial charge in [-0.15, -0.1) is 11.8 Å². The Balaban J connectivity index is 1.54. The van der Waals surface area contributed by atoms with Gasteiger partial charge in [-0.1, -0.05) is 19.9 Å². The van der Waals surface area contributed by atoms with Crippen LogP contribution in [0.1, 0.15) is 26.7 Å². The molecular formula is C18H23FN4OS. The minimum atomic E-state index is -0.202. The topological polar surface area (TPSA) is 61.0 Å². The summed E-state index contributed by atoms with van der Waals surface area (Å²) in [6.07, 6.45) is 5.12. The van der Waals surface area contributed by atoms with E-state index in [1.807, 2.05) is 11.0 Å². The summed E-state index contributed by atoms with van der Waals surface area (Å²) in [6, 6.07) is 6.66. The van der Waals surface area contributed by atoms with E-state index in [1.54, 1.807) is 36.3 Å². The number of urea groups is 1. The molecule has 25 heavy (non-hydrogen) atoms. The van der Waals surface area contributed by atoms with E-state index in [9.17, 15) is 9.18 Å². The number of nitrogens with zero attached hydrogens (tertiary/aromatic N) is 2. The van der Waals surface area contributed by atoms with Crippen molar-refractivity contribution in [1.29, 1.82) is 0 Å². The van der Waals surface area contributed by atoms with Crippen molar-refractivity contribution < 1.29 is 9.18 Å². The Labute approximate surface area is 151 Å². The highest BCUT2D eigenvalue weighted by molar-refractivity contribution is 8.00. The number of hydrogen-bond acceptors (Lipinski definition) is 3. The number of aromatic nitrogens is 2. The third-order valence-corrected chi connectivity index (χ3v) is 6.04. The number of piperidine rings is 1. The molecule has 5 nitrogen and oxygen atoms in total. The normalized spacial score (nSPS) is 16.0. The number of thioether (sulfide) groups is 1. The van der Waals surface area contributed by atoms with Gasteiger partial charge in [0, 0.05) is 28.9 Å². The van der Waals surface area contributed by atoms with Gasteiger partial charge in [-0.2, -0.15) is 5.10 Å². The van der Waals surface area contributed by atoms with Crippen molar-refractivity contribution in [3.05, 3.63) is 42.5 Å². The minimum Gasteiger partial charge on any atom is -0.325 e. The fourth-order valence-electron chi connectivity index (χ4n) is 3.22. The number of anilines is 1. The molecule has 0 radical (unpaired) electrons. The first-order chi connectivity index (χ1) is 11.9. The SMILES string of the molecule is CC(C)(Sc1cccc(F)c1)C1CCN(C(=O)Nc2cn[nH]c2)CC1. The van der Waals surface area contributed by atoms with Crippen molar-refractivity contribution in [2.24, 2.45) is 5.92 Å². The lowest BCUT2D eigenvalue weighted by Crippen LogP contribution is -2.44. The van der Waals surface area contributed by atoms with E-state index in [4.69, 9.17) is 0 Å². The number of nitrogens with one attached hydrogen (secondary N) is 2. The van der Waals surface area contributed by atoms with Crippen molar-refractivity contribution in [1.82, 2.24) is 15.1 Å². The number of amides is 2. The molecule has 1 aliphatic rings. The number of benzene rings is 1. The Kier molecular flexibility index (Phi) is 5.32. The van der Waals surface area contributed by atoms with Crippen LogP contribution in [0.15, 0.2) is 41.6 Å². The number of H-pyrrole nitrogens is 1. The molecule has 1 aromatic carbocycles. The lowest BCUT2D eigenvalue weighted by molar-refractivity contribution is 0.173. The van der Waals surface area contributed by atoms with Crippen LogP contribution in [0, 0.1) is 11.7 Å². The second kappa shape index (κ2) is 7.47. The molecule has 2 heterocycles. The minimum absolute atomic E-state index is 0.0130. The molecule has 2 aromatic rings. The molecule has 0 bridgehead atoms. The van der Waals surface area contributed by atoms with Crippen LogP contribution < -0.4 is 5.32 Å². The van der Waals surface area contributed by atoms with E-state index < -0.39 is 0 Å². The van der Waals surface area contributed by atoms with Gasteiger partial charge >= 0.3 is 6.03 Å². The summed E-state index contributed by atoms with van der Waals surface area (Å²) in [7, 11) is 0. The van der Waals surface area contributed by atoms with E-state index in [-0.39, 0.29) is 16.6 Å². The molecule has 1 saturated heterocycles. The van der Waals surface area contributed by atoms with Crippen LogP contribution in [0.25, 0.3) is 0 Å². The fourth-order valence-corrected chi connectivity index (χ4v) is 4.55. The van der Waals surface area contributed by atoms with Crippen LogP contribution in [0.5, 0.6) is 0 Å². The highest BCUT2D eigenvalue weighted by atomic mass is 32.2. The van der Waals surface area contributed by atoms with E-state index >= 15 is 0 Å². The van der Waals surface area contributed by atoms with Gasteiger partial charge in [0.05, 0.1) is 11.9 Å². The highest BCUT2D eigenvalue weighted by Gasteiger charge is 2.34. The van der Waals surface area contributed by atoms with Gasteiger partial charge in [0.25, 0.3) is 0 Å². The summed E-state index contributed by atoms with van der Waals surface area (Å²) in [5.41, 5.74) is 0.675. The van der Waals surface area contributed by atoms with Gasteiger partial charge in [-0.05, 0) is 37.0 Å². The number of carbonyl (C=O) groups excluding carboxylic acids is 1. The average molecular weight is 362 g/mol. The Morgan fingerprint density at radius 2 is 2.16 bits per heavy atom. The predicted molar refractivity (Wildman–Crippen MR) is 98.2 cm³/mol. The largest absolute Gasteiger partial charge is 0.325 e. The summed E-state index contributed by atoms with van der Waals surface area (Å²) in [6.45, 7) is 5.85. The first-order valence-electron chi connectivity index (χ1n) is 8.43. The van der Waals surface area contributed by atoms with Gasteiger partial charge in [-0.3, -0.25) is 5.10 Å². The first kappa shape index (κ1) is 17.8. The predicted octanol–water partition coefficient (Wildman–Crippen LogP) is 4.36. The van der Waals surface area contributed by atoms with Crippen LogP contribution in [0.4, 0.5) is 14.9 Å². The third-order valence-electron chi connectivity index (χ3n) is 4.69. The molecule has 2 amide bonds.